The first-order valence-electron chi connectivity index (χ1n) is 38.3. The molecule has 1 heterocycles. The van der Waals surface area contributed by atoms with E-state index in [-0.39, 0.29) is 18.5 Å². The fourth-order valence-corrected chi connectivity index (χ4v) is 12.2. The maximum atomic E-state index is 13.0. The van der Waals surface area contributed by atoms with Crippen molar-refractivity contribution in [1.82, 2.24) is 5.32 Å². The lowest BCUT2D eigenvalue weighted by Gasteiger charge is -2.40. The van der Waals surface area contributed by atoms with Crippen LogP contribution in [0.1, 0.15) is 380 Å². The molecule has 1 rings (SSSR count). The van der Waals surface area contributed by atoms with E-state index in [1.165, 1.54) is 295 Å². The van der Waals surface area contributed by atoms with Gasteiger partial charge in [-0.1, -0.05) is 320 Å². The standard InChI is InChI=1S/C77H145NO10/c1-3-5-7-9-11-13-14-15-16-17-36-39-42-45-49-53-57-61-65-73(82)86-66-62-58-54-50-46-43-40-37-34-32-30-28-26-24-22-20-18-19-21-23-25-27-29-31-33-35-38-41-44-48-52-56-60-64-72(81)78-69(70(80)63-59-55-51-47-12-10-8-6-4-2)68-87-77-76(85)75(84)74(83)71(67-79)88-77/h16-17,22,24,59,63,69-71,74-77,79-80,83-85H,3-15,18-21,23,25-58,60-62,64-68H2,1-2H3,(H,78,81)/b17-16-,24-22-,63-59+. The molecule has 0 spiro atoms. The smallest absolute Gasteiger partial charge is 0.305 e. The van der Waals surface area contributed by atoms with E-state index < -0.39 is 49.5 Å². The zero-order chi connectivity index (χ0) is 63.7. The molecule has 11 nitrogen and oxygen atoms in total. The van der Waals surface area contributed by atoms with Gasteiger partial charge in [0.2, 0.25) is 5.91 Å². The lowest BCUT2D eigenvalue weighted by molar-refractivity contribution is -0.302. The summed E-state index contributed by atoms with van der Waals surface area (Å²) in [7, 11) is 0. The monoisotopic (exact) mass is 1240 g/mol. The number of carbonyl (C=O) groups excluding carboxylic acids is 2. The molecule has 7 unspecified atom stereocenters. The van der Waals surface area contributed by atoms with Crippen LogP contribution in [0, 0.1) is 0 Å². The van der Waals surface area contributed by atoms with Crippen LogP contribution in [0.15, 0.2) is 36.5 Å². The molecule has 1 aliphatic rings. The summed E-state index contributed by atoms with van der Waals surface area (Å²) >= 11 is 0. The number of rotatable bonds is 68. The van der Waals surface area contributed by atoms with Gasteiger partial charge in [-0.3, -0.25) is 9.59 Å². The van der Waals surface area contributed by atoms with E-state index in [4.69, 9.17) is 14.2 Å². The summed E-state index contributed by atoms with van der Waals surface area (Å²) in [4.78, 5) is 25.1. The zero-order valence-corrected chi connectivity index (χ0v) is 57.7. The van der Waals surface area contributed by atoms with Crippen molar-refractivity contribution in [2.75, 3.05) is 19.8 Å². The predicted octanol–water partition coefficient (Wildman–Crippen LogP) is 20.1. The molecular formula is C77H145NO10. The number of nitrogens with one attached hydrogen (secondary N) is 1. The zero-order valence-electron chi connectivity index (χ0n) is 57.7. The molecule has 1 amide bonds. The molecule has 1 aliphatic heterocycles. The quantitative estimate of drug-likeness (QED) is 0.0195. The van der Waals surface area contributed by atoms with Crippen LogP contribution < -0.4 is 5.32 Å². The van der Waals surface area contributed by atoms with E-state index in [1.54, 1.807) is 6.08 Å². The van der Waals surface area contributed by atoms with Crippen molar-refractivity contribution in [3.05, 3.63) is 36.5 Å². The highest BCUT2D eigenvalue weighted by Gasteiger charge is 2.44. The number of hydrogen-bond acceptors (Lipinski definition) is 10. The number of aliphatic hydroxyl groups excluding tert-OH is 5. The highest BCUT2D eigenvalue weighted by Crippen LogP contribution is 2.24. The highest BCUT2D eigenvalue weighted by molar-refractivity contribution is 5.76. The van der Waals surface area contributed by atoms with Gasteiger partial charge < -0.3 is 45.1 Å². The van der Waals surface area contributed by atoms with Gasteiger partial charge in [-0.2, -0.15) is 0 Å². The Kier molecular flexibility index (Phi) is 63.2. The Morgan fingerprint density at radius 2 is 0.727 bits per heavy atom. The predicted molar refractivity (Wildman–Crippen MR) is 371 cm³/mol. The van der Waals surface area contributed by atoms with Crippen molar-refractivity contribution < 1.29 is 49.3 Å². The Morgan fingerprint density at radius 1 is 0.409 bits per heavy atom. The minimum atomic E-state index is -1.57. The molecule has 0 aliphatic carbocycles. The van der Waals surface area contributed by atoms with Crippen molar-refractivity contribution in [2.45, 2.75) is 423 Å². The first-order valence-corrected chi connectivity index (χ1v) is 38.3. The summed E-state index contributed by atoms with van der Waals surface area (Å²) in [6, 6.07) is -0.806. The van der Waals surface area contributed by atoms with Crippen molar-refractivity contribution in [3.63, 3.8) is 0 Å². The van der Waals surface area contributed by atoms with Crippen LogP contribution in [0.5, 0.6) is 0 Å². The van der Waals surface area contributed by atoms with E-state index in [2.05, 4.69) is 43.5 Å². The highest BCUT2D eigenvalue weighted by atomic mass is 16.7. The third kappa shape index (κ3) is 54.4. The molecule has 11 heteroatoms. The van der Waals surface area contributed by atoms with Crippen LogP contribution in [-0.4, -0.2) is 100 Å². The molecule has 1 fully saturated rings. The fourth-order valence-electron chi connectivity index (χ4n) is 12.2. The third-order valence-electron chi connectivity index (χ3n) is 18.2. The third-order valence-corrected chi connectivity index (χ3v) is 18.2. The van der Waals surface area contributed by atoms with Crippen molar-refractivity contribution in [2.24, 2.45) is 0 Å². The molecular weight excluding hydrogens is 1100 g/mol. The molecule has 518 valence electrons. The number of ether oxygens (including phenoxy) is 3. The van der Waals surface area contributed by atoms with E-state index in [0.717, 1.165) is 57.8 Å². The number of hydrogen-bond donors (Lipinski definition) is 6. The summed E-state index contributed by atoms with van der Waals surface area (Å²) in [5.41, 5.74) is 0. The van der Waals surface area contributed by atoms with Crippen LogP contribution >= 0.6 is 0 Å². The minimum Gasteiger partial charge on any atom is -0.466 e. The van der Waals surface area contributed by atoms with E-state index in [0.29, 0.717) is 19.4 Å². The van der Waals surface area contributed by atoms with E-state index >= 15 is 0 Å². The number of esters is 1. The van der Waals surface area contributed by atoms with Gasteiger partial charge >= 0.3 is 5.97 Å². The van der Waals surface area contributed by atoms with Gasteiger partial charge in [-0.15, -0.1) is 0 Å². The second-order valence-corrected chi connectivity index (χ2v) is 26.7. The van der Waals surface area contributed by atoms with Gasteiger partial charge in [0, 0.05) is 12.8 Å². The number of aliphatic hydroxyl groups is 5. The number of allylic oxidation sites excluding steroid dienone is 5. The first-order chi connectivity index (χ1) is 43.2. The Morgan fingerprint density at radius 3 is 1.09 bits per heavy atom. The maximum Gasteiger partial charge on any atom is 0.305 e. The fraction of sp³-hybridized carbons (Fsp3) is 0.896. The summed E-state index contributed by atoms with van der Waals surface area (Å²) in [5, 5.41) is 54.3. The topological polar surface area (TPSA) is 175 Å². The Labute approximate surface area is 543 Å². The Balaban J connectivity index is 1.87. The van der Waals surface area contributed by atoms with Gasteiger partial charge in [0.25, 0.3) is 0 Å². The lowest BCUT2D eigenvalue weighted by Crippen LogP contribution is -2.60. The van der Waals surface area contributed by atoms with Gasteiger partial charge in [0.05, 0.1) is 32.0 Å². The maximum absolute atomic E-state index is 13.0. The van der Waals surface area contributed by atoms with Crippen LogP contribution in [0.25, 0.3) is 0 Å². The van der Waals surface area contributed by atoms with Gasteiger partial charge in [0.15, 0.2) is 6.29 Å². The Hall–Kier alpha value is -2.12. The molecule has 0 aromatic heterocycles. The summed E-state index contributed by atoms with van der Waals surface area (Å²) in [6.07, 6.45) is 76.1. The minimum absolute atomic E-state index is 0.00902. The summed E-state index contributed by atoms with van der Waals surface area (Å²) in [6.45, 7) is 4.35. The van der Waals surface area contributed by atoms with Crippen LogP contribution in [0.3, 0.4) is 0 Å². The second kappa shape index (κ2) is 66.3. The average molecular weight is 1250 g/mol. The van der Waals surface area contributed by atoms with Crippen molar-refractivity contribution in [1.29, 1.82) is 0 Å². The van der Waals surface area contributed by atoms with Crippen LogP contribution in [0.4, 0.5) is 0 Å². The van der Waals surface area contributed by atoms with Gasteiger partial charge in [0.1, 0.15) is 24.4 Å². The van der Waals surface area contributed by atoms with E-state index in [1.807, 2.05) is 6.08 Å². The molecule has 7 atom stereocenters. The molecule has 0 radical (unpaired) electrons. The number of unbranched alkanes of at least 4 members (excludes halogenated alkanes) is 50. The van der Waals surface area contributed by atoms with Crippen molar-refractivity contribution >= 4 is 11.9 Å². The Bertz CT molecular complexity index is 1560. The molecule has 0 bridgehead atoms. The normalized spacial score (nSPS) is 17.9. The molecule has 88 heavy (non-hydrogen) atoms. The summed E-state index contributed by atoms with van der Waals surface area (Å²) < 4.78 is 16.7. The molecule has 0 aromatic carbocycles. The molecule has 1 saturated heterocycles. The first kappa shape index (κ1) is 83.9. The largest absolute Gasteiger partial charge is 0.466 e. The van der Waals surface area contributed by atoms with E-state index in [9.17, 15) is 35.1 Å². The van der Waals surface area contributed by atoms with Gasteiger partial charge in [-0.25, -0.2) is 0 Å². The van der Waals surface area contributed by atoms with Gasteiger partial charge in [-0.05, 0) is 83.5 Å². The molecule has 0 aromatic rings. The summed E-state index contributed by atoms with van der Waals surface area (Å²) in [5.74, 6) is -0.170. The number of amides is 1. The SMILES string of the molecule is CCCCCCCCC/C=C\CCCCCCCCCC(=O)OCCCCCCCCCCCCCC/C=C\CCCCCCCCCCCCCCCCCCCC(=O)NC(COC1OC(CO)C(O)C(O)C1O)C(O)/C=C/CCCCCCCCC. The lowest BCUT2D eigenvalue weighted by atomic mass is 9.99. The van der Waals surface area contributed by atoms with Crippen molar-refractivity contribution in [3.8, 4) is 0 Å². The second-order valence-electron chi connectivity index (χ2n) is 26.7. The molecule has 6 N–H and O–H groups in total. The van der Waals surface area contributed by atoms with Crippen LogP contribution in [0.2, 0.25) is 0 Å². The molecule has 0 saturated carbocycles. The average Bonchev–Trinajstić information content (AvgIpc) is 2.57. The number of carbonyl (C=O) groups is 2. The van der Waals surface area contributed by atoms with Crippen LogP contribution in [-0.2, 0) is 23.8 Å².